The molecule has 37 heavy (non-hydrogen) atoms. The maximum absolute atomic E-state index is 13.8. The van der Waals surface area contributed by atoms with Crippen LogP contribution in [0.1, 0.15) is 11.1 Å². The van der Waals surface area contributed by atoms with Crippen LogP contribution in [-0.2, 0) is 23.1 Å². The van der Waals surface area contributed by atoms with E-state index in [1.807, 2.05) is 12.1 Å². The van der Waals surface area contributed by atoms with Gasteiger partial charge in [0, 0.05) is 22.9 Å². The Hall–Kier alpha value is -2.26. The Balaban J connectivity index is 1.86. The van der Waals surface area contributed by atoms with Gasteiger partial charge >= 0.3 is 0 Å². The van der Waals surface area contributed by atoms with E-state index in [0.717, 1.165) is 5.56 Å². The van der Waals surface area contributed by atoms with Crippen LogP contribution in [0.3, 0.4) is 0 Å². The number of aliphatic hydroxyl groups is 1. The second-order valence-electron chi connectivity index (χ2n) is 7.84. The molecule has 9 nitrogen and oxygen atoms in total. The van der Waals surface area contributed by atoms with Crippen molar-refractivity contribution < 1.29 is 22.7 Å². The quantitative estimate of drug-likeness (QED) is 0.206. The highest BCUT2D eigenvalue weighted by Gasteiger charge is 2.31. The van der Waals surface area contributed by atoms with Gasteiger partial charge in [-0.3, -0.25) is 4.57 Å². The van der Waals surface area contributed by atoms with E-state index in [1.54, 1.807) is 47.0 Å². The number of methoxy groups -OCH3 is 1. The van der Waals surface area contributed by atoms with Crippen molar-refractivity contribution in [1.82, 2.24) is 14.8 Å². The van der Waals surface area contributed by atoms with Gasteiger partial charge in [0.15, 0.2) is 5.76 Å². The van der Waals surface area contributed by atoms with Gasteiger partial charge in [0.1, 0.15) is 5.75 Å². The Morgan fingerprint density at radius 3 is 2.59 bits per heavy atom. The molecule has 13 heteroatoms. The molecule has 0 aliphatic rings. The van der Waals surface area contributed by atoms with E-state index < -0.39 is 10.0 Å². The standard InChI is InChI=1S/C24H24ClIN4O5S2/c1-34-20-5-2-4-18(16-31)22(20)30-23(21-6-3-13-35-21)27-28-24(30)29(12-14-36-26)37(32,33)15-11-17-7-9-19(25)10-8-17/h2-10,13,31H,11-12,14-16H2,1H3. The lowest BCUT2D eigenvalue weighted by molar-refractivity contribution is 0.280. The van der Waals surface area contributed by atoms with Crippen LogP contribution in [0.25, 0.3) is 17.3 Å². The van der Waals surface area contributed by atoms with Crippen LogP contribution in [0, 0.1) is 0 Å². The summed E-state index contributed by atoms with van der Waals surface area (Å²) in [4.78, 5) is 0. The van der Waals surface area contributed by atoms with E-state index in [2.05, 4.69) is 31.4 Å². The number of ether oxygens (including phenoxy) is 1. The summed E-state index contributed by atoms with van der Waals surface area (Å²) >= 11 is 8.11. The van der Waals surface area contributed by atoms with Crippen LogP contribution in [0.4, 0.5) is 5.95 Å². The molecular weight excluding hydrogens is 651 g/mol. The number of para-hydroxylation sites is 1. The third kappa shape index (κ3) is 6.25. The Bertz CT molecular complexity index is 1410. The first-order valence-electron chi connectivity index (χ1n) is 11.1. The summed E-state index contributed by atoms with van der Waals surface area (Å²) in [5, 5.41) is 19.4. The number of aliphatic hydroxyl groups excluding tert-OH is 1. The van der Waals surface area contributed by atoms with Crippen molar-refractivity contribution in [3.63, 3.8) is 0 Å². The number of benzene rings is 2. The number of anilines is 1. The van der Waals surface area contributed by atoms with E-state index in [9.17, 15) is 13.5 Å². The van der Waals surface area contributed by atoms with Crippen LogP contribution >= 0.6 is 41.7 Å². The maximum Gasteiger partial charge on any atom is 0.246 e. The molecule has 0 radical (unpaired) electrons. The zero-order chi connectivity index (χ0) is 26.4. The summed E-state index contributed by atoms with van der Waals surface area (Å²) in [5.41, 5.74) is 1.79. The first-order valence-corrected chi connectivity index (χ1v) is 16.7. The average Bonchev–Trinajstić information content (AvgIpc) is 3.58. The number of halogens is 2. The SMILES string of the molecule is COc1cccc(CO)c1-n1c(-c2ccco2)nnc1N(CCSI)S(=O)(=O)CCc1ccc(Cl)cc1. The number of rotatable bonds is 12. The molecule has 2 aromatic carbocycles. The van der Waals surface area contributed by atoms with Gasteiger partial charge in [0.2, 0.25) is 21.8 Å². The van der Waals surface area contributed by atoms with Crippen LogP contribution in [0.2, 0.25) is 5.02 Å². The Morgan fingerprint density at radius 2 is 1.95 bits per heavy atom. The molecule has 1 N–H and O–H groups in total. The third-order valence-corrected chi connectivity index (χ3v) is 9.22. The summed E-state index contributed by atoms with van der Waals surface area (Å²) in [6.45, 7) is -0.148. The molecule has 4 rings (SSSR count). The monoisotopic (exact) mass is 674 g/mol. The summed E-state index contributed by atoms with van der Waals surface area (Å²) in [5.74, 6) is 1.52. The highest BCUT2D eigenvalue weighted by molar-refractivity contribution is 14.2. The first-order chi connectivity index (χ1) is 17.9. The third-order valence-electron chi connectivity index (χ3n) is 5.58. The van der Waals surface area contributed by atoms with Crippen molar-refractivity contribution in [2.75, 3.05) is 29.5 Å². The fourth-order valence-electron chi connectivity index (χ4n) is 3.81. The van der Waals surface area contributed by atoms with Crippen molar-refractivity contribution in [3.05, 3.63) is 77.0 Å². The molecule has 0 bridgehead atoms. The van der Waals surface area contributed by atoms with Gasteiger partial charge in [-0.2, -0.15) is 0 Å². The number of aromatic nitrogens is 3. The van der Waals surface area contributed by atoms with Gasteiger partial charge in [-0.15, -0.1) is 10.2 Å². The van der Waals surface area contributed by atoms with Gasteiger partial charge in [-0.1, -0.05) is 44.8 Å². The smallest absolute Gasteiger partial charge is 0.246 e. The van der Waals surface area contributed by atoms with Crippen LogP contribution in [0.15, 0.2) is 65.3 Å². The summed E-state index contributed by atoms with van der Waals surface area (Å²) in [7, 11) is -0.864. The lowest BCUT2D eigenvalue weighted by atomic mass is 10.1. The molecule has 0 aliphatic heterocycles. The fourth-order valence-corrected chi connectivity index (χ4v) is 6.35. The number of aryl methyl sites for hydroxylation is 1. The number of sulfonamides is 1. The number of nitrogens with zero attached hydrogens (tertiary/aromatic N) is 4. The zero-order valence-corrected chi connectivity index (χ0v) is 24.3. The minimum atomic E-state index is -3.85. The summed E-state index contributed by atoms with van der Waals surface area (Å²) in [6, 6.07) is 15.7. The molecule has 2 heterocycles. The minimum absolute atomic E-state index is 0.0761. The zero-order valence-electron chi connectivity index (χ0n) is 19.8. The Kier molecular flexibility index (Phi) is 9.40. The van der Waals surface area contributed by atoms with E-state index >= 15 is 0 Å². The van der Waals surface area contributed by atoms with E-state index in [-0.39, 0.29) is 30.7 Å². The molecule has 0 aliphatic carbocycles. The number of furan rings is 1. The molecule has 4 aromatic rings. The lowest BCUT2D eigenvalue weighted by Gasteiger charge is -2.25. The highest BCUT2D eigenvalue weighted by Crippen LogP contribution is 2.36. The Labute approximate surface area is 236 Å². The van der Waals surface area contributed by atoms with E-state index in [1.165, 1.54) is 26.6 Å². The second-order valence-corrected chi connectivity index (χ2v) is 12.8. The van der Waals surface area contributed by atoms with Crippen molar-refractivity contribution in [2.45, 2.75) is 13.0 Å². The molecule has 0 unspecified atom stereocenters. The van der Waals surface area contributed by atoms with Gasteiger partial charge < -0.3 is 14.3 Å². The largest absolute Gasteiger partial charge is 0.495 e. The van der Waals surface area contributed by atoms with Gasteiger partial charge in [-0.25, -0.2) is 12.7 Å². The maximum atomic E-state index is 13.8. The molecule has 0 amide bonds. The second kappa shape index (κ2) is 12.5. The van der Waals surface area contributed by atoms with Gasteiger partial charge in [-0.05, 0) is 63.5 Å². The average molecular weight is 675 g/mol. The van der Waals surface area contributed by atoms with Crippen molar-refractivity contribution >= 4 is 57.7 Å². The molecule has 0 saturated heterocycles. The normalized spacial score (nSPS) is 11.6. The molecule has 0 fully saturated rings. The van der Waals surface area contributed by atoms with Crippen molar-refractivity contribution in [3.8, 4) is 23.0 Å². The van der Waals surface area contributed by atoms with E-state index in [0.29, 0.717) is 40.0 Å². The minimum Gasteiger partial charge on any atom is -0.495 e. The summed E-state index contributed by atoms with van der Waals surface area (Å²) < 4.78 is 41.6. The Morgan fingerprint density at radius 1 is 1.16 bits per heavy atom. The van der Waals surface area contributed by atoms with Gasteiger partial charge in [0.05, 0.1) is 31.4 Å². The van der Waals surface area contributed by atoms with Crippen molar-refractivity contribution in [1.29, 1.82) is 0 Å². The van der Waals surface area contributed by atoms with Crippen LogP contribution < -0.4 is 9.04 Å². The van der Waals surface area contributed by atoms with Gasteiger partial charge in [0.25, 0.3) is 0 Å². The van der Waals surface area contributed by atoms with Crippen LogP contribution in [-0.4, -0.2) is 53.4 Å². The molecular formula is C24H24ClIN4O5S2. The number of hydrogen-bond acceptors (Lipinski definition) is 8. The molecule has 0 atom stereocenters. The summed E-state index contributed by atoms with van der Waals surface area (Å²) in [6.07, 6.45) is 1.79. The molecule has 196 valence electrons. The van der Waals surface area contributed by atoms with E-state index in [4.69, 9.17) is 20.8 Å². The molecule has 2 aromatic heterocycles. The fraction of sp³-hybridized carbons (Fsp3) is 0.250. The predicted octanol–water partition coefficient (Wildman–Crippen LogP) is 5.14. The predicted molar refractivity (Wildman–Crippen MR) is 154 cm³/mol. The highest BCUT2D eigenvalue weighted by atomic mass is 127. The molecule has 0 saturated carbocycles. The number of hydrogen-bond donors (Lipinski definition) is 1. The first kappa shape index (κ1) is 27.8. The van der Waals surface area contributed by atoms with Crippen molar-refractivity contribution in [2.24, 2.45) is 0 Å². The molecule has 0 spiro atoms. The lowest BCUT2D eigenvalue weighted by Crippen LogP contribution is -2.37. The topological polar surface area (TPSA) is 111 Å². The van der Waals surface area contributed by atoms with Crippen LogP contribution in [0.5, 0.6) is 5.75 Å².